The van der Waals surface area contributed by atoms with Crippen molar-refractivity contribution in [3.63, 3.8) is 0 Å². The van der Waals surface area contributed by atoms with Crippen LogP contribution in [0.1, 0.15) is 0 Å². The predicted octanol–water partition coefficient (Wildman–Crippen LogP) is 1.78. The summed E-state index contributed by atoms with van der Waals surface area (Å²) in [5, 5.41) is 0. The number of hydrogen-bond donors (Lipinski definition) is 1. The molecule has 0 aromatic rings. The second kappa shape index (κ2) is 1.85. The zero-order valence-corrected chi connectivity index (χ0v) is 4.51. The predicted molar refractivity (Wildman–Crippen MR) is 27.1 cm³/mol. The maximum atomic E-state index is 3.69. The molecule has 0 unspecified atom stereocenters. The molecular formula is C2H3BrS. The van der Waals surface area contributed by atoms with Gasteiger partial charge in [-0.1, -0.05) is 6.58 Å². The minimum absolute atomic E-state index is 0.674. The van der Waals surface area contributed by atoms with Crippen molar-refractivity contribution in [1.29, 1.82) is 0 Å². The summed E-state index contributed by atoms with van der Waals surface area (Å²) >= 11 is 6.63. The fourth-order valence-corrected chi connectivity index (χ4v) is 0. The van der Waals surface area contributed by atoms with Gasteiger partial charge in [0.2, 0.25) is 0 Å². The van der Waals surface area contributed by atoms with E-state index in [0.29, 0.717) is 3.81 Å². The van der Waals surface area contributed by atoms with Crippen LogP contribution in [0, 0.1) is 0 Å². The third-order valence-electron chi connectivity index (χ3n) is 0. The van der Waals surface area contributed by atoms with E-state index in [-0.39, 0.29) is 0 Å². The van der Waals surface area contributed by atoms with Crippen LogP contribution in [-0.2, 0) is 0 Å². The molecule has 0 radical (unpaired) electrons. The molecule has 0 aromatic heterocycles. The summed E-state index contributed by atoms with van der Waals surface area (Å²) in [4.78, 5) is 0. The summed E-state index contributed by atoms with van der Waals surface area (Å²) in [5.41, 5.74) is 0. The largest absolute Gasteiger partial charge is 0.137 e. The Morgan fingerprint density at radius 2 is 2.00 bits per heavy atom. The minimum atomic E-state index is 0.674. The monoisotopic (exact) mass is 138 g/mol. The second-order valence-corrected chi connectivity index (χ2v) is 2.49. The summed E-state index contributed by atoms with van der Waals surface area (Å²) in [6.45, 7) is 3.34. The third kappa shape index (κ3) is 19.5. The van der Waals surface area contributed by atoms with Crippen molar-refractivity contribution in [2.75, 3.05) is 0 Å². The van der Waals surface area contributed by atoms with Gasteiger partial charge in [-0.15, -0.1) is 12.6 Å². The lowest BCUT2D eigenvalue weighted by atomic mass is 11.3. The lowest BCUT2D eigenvalue weighted by Crippen LogP contribution is -1.22. The lowest BCUT2D eigenvalue weighted by Gasteiger charge is -1.61. The Morgan fingerprint density at radius 3 is 2.00 bits per heavy atom. The van der Waals surface area contributed by atoms with Crippen molar-refractivity contribution in [3.05, 3.63) is 10.4 Å². The number of halogens is 1. The first-order valence-corrected chi connectivity index (χ1v) is 2.01. The molecule has 0 aliphatic rings. The molecule has 24 valence electrons. The number of rotatable bonds is 0. The zero-order valence-electron chi connectivity index (χ0n) is 2.03. The molecule has 0 spiro atoms. The standard InChI is InChI=1S/C2H3BrS/c1-2(3)4/h4H,1H2. The van der Waals surface area contributed by atoms with Crippen LogP contribution in [0.4, 0.5) is 0 Å². The molecule has 0 aliphatic carbocycles. The van der Waals surface area contributed by atoms with Gasteiger partial charge in [-0.3, -0.25) is 0 Å². The average molecular weight is 139 g/mol. The van der Waals surface area contributed by atoms with E-state index in [1.807, 2.05) is 0 Å². The fraction of sp³-hybridized carbons (Fsp3) is 0. The van der Waals surface area contributed by atoms with Crippen molar-refractivity contribution < 1.29 is 0 Å². The van der Waals surface area contributed by atoms with Gasteiger partial charge in [0.15, 0.2) is 0 Å². The number of hydrogen-bond acceptors (Lipinski definition) is 1. The molecule has 0 aliphatic heterocycles. The first-order chi connectivity index (χ1) is 1.73. The van der Waals surface area contributed by atoms with Gasteiger partial charge in [0, 0.05) is 3.81 Å². The molecule has 4 heavy (non-hydrogen) atoms. The van der Waals surface area contributed by atoms with Crippen LogP contribution in [0.5, 0.6) is 0 Å². The molecule has 0 saturated heterocycles. The Balaban J connectivity index is 2.80. The Labute approximate surface area is 39.4 Å². The van der Waals surface area contributed by atoms with Gasteiger partial charge in [0.1, 0.15) is 0 Å². The molecule has 2 heteroatoms. The van der Waals surface area contributed by atoms with E-state index < -0.39 is 0 Å². The van der Waals surface area contributed by atoms with Crippen LogP contribution < -0.4 is 0 Å². The highest BCUT2D eigenvalue weighted by Crippen LogP contribution is 2.01. The molecule has 0 rings (SSSR count). The smallest absolute Gasteiger partial charge is 0.0400 e. The first kappa shape index (κ1) is 4.57. The summed E-state index contributed by atoms with van der Waals surface area (Å²) in [6, 6.07) is 0. The number of thiol groups is 1. The SMILES string of the molecule is C=C(S)Br. The molecule has 0 nitrogen and oxygen atoms in total. The van der Waals surface area contributed by atoms with Gasteiger partial charge in [-0.25, -0.2) is 0 Å². The van der Waals surface area contributed by atoms with Gasteiger partial charge >= 0.3 is 0 Å². The van der Waals surface area contributed by atoms with Gasteiger partial charge in [-0.05, 0) is 15.9 Å². The van der Waals surface area contributed by atoms with Crippen molar-refractivity contribution in [2.45, 2.75) is 0 Å². The van der Waals surface area contributed by atoms with Gasteiger partial charge in [-0.2, -0.15) is 0 Å². The van der Waals surface area contributed by atoms with Crippen molar-refractivity contribution in [2.24, 2.45) is 0 Å². The molecular weight excluding hydrogens is 136 g/mol. The minimum Gasteiger partial charge on any atom is -0.137 e. The quantitative estimate of drug-likeness (QED) is 0.486. The topological polar surface area (TPSA) is 0 Å². The molecule has 0 N–H and O–H groups in total. The van der Waals surface area contributed by atoms with Crippen molar-refractivity contribution >= 4 is 28.6 Å². The maximum absolute atomic E-state index is 3.69. The van der Waals surface area contributed by atoms with E-state index in [9.17, 15) is 0 Å². The van der Waals surface area contributed by atoms with E-state index >= 15 is 0 Å². The van der Waals surface area contributed by atoms with E-state index in [1.54, 1.807) is 0 Å². The normalized spacial score (nSPS) is 6.50. The Morgan fingerprint density at radius 1 is 2.00 bits per heavy atom. The van der Waals surface area contributed by atoms with E-state index in [2.05, 4.69) is 35.1 Å². The van der Waals surface area contributed by atoms with Crippen LogP contribution in [0.25, 0.3) is 0 Å². The highest BCUT2D eigenvalue weighted by atomic mass is 79.9. The third-order valence-corrected chi connectivity index (χ3v) is 0. The van der Waals surface area contributed by atoms with Crippen LogP contribution in [0.2, 0.25) is 0 Å². The highest BCUT2D eigenvalue weighted by molar-refractivity contribution is 9.13. The summed E-state index contributed by atoms with van der Waals surface area (Å²) in [6.07, 6.45) is 0. The van der Waals surface area contributed by atoms with Crippen molar-refractivity contribution in [3.8, 4) is 0 Å². The average Bonchev–Trinajstić information content (AvgIpc) is 0.811. The van der Waals surface area contributed by atoms with Gasteiger partial charge in [0.05, 0.1) is 0 Å². The van der Waals surface area contributed by atoms with Crippen LogP contribution >= 0.6 is 28.6 Å². The molecule has 0 bridgehead atoms. The molecule has 0 fully saturated rings. The van der Waals surface area contributed by atoms with Gasteiger partial charge in [0.25, 0.3) is 0 Å². The summed E-state index contributed by atoms with van der Waals surface area (Å²) in [7, 11) is 0. The Bertz CT molecular complexity index is 29.0. The van der Waals surface area contributed by atoms with E-state index in [4.69, 9.17) is 0 Å². The van der Waals surface area contributed by atoms with Crippen molar-refractivity contribution in [1.82, 2.24) is 0 Å². The fourth-order valence-electron chi connectivity index (χ4n) is 0. The molecule has 0 heterocycles. The van der Waals surface area contributed by atoms with E-state index in [0.717, 1.165) is 0 Å². The Kier molecular flexibility index (Phi) is 2.11. The molecule has 0 aromatic carbocycles. The lowest BCUT2D eigenvalue weighted by molar-refractivity contribution is 2.60. The summed E-state index contributed by atoms with van der Waals surface area (Å²) < 4.78 is 0.674. The first-order valence-electron chi connectivity index (χ1n) is 0.766. The van der Waals surface area contributed by atoms with Crippen LogP contribution in [0.15, 0.2) is 10.4 Å². The molecule has 0 saturated carbocycles. The molecule has 0 atom stereocenters. The van der Waals surface area contributed by atoms with Crippen LogP contribution in [0.3, 0.4) is 0 Å². The Hall–Kier alpha value is 0.570. The molecule has 0 amide bonds. The van der Waals surface area contributed by atoms with Gasteiger partial charge < -0.3 is 0 Å². The highest BCUT2D eigenvalue weighted by Gasteiger charge is 1.56. The zero-order chi connectivity index (χ0) is 3.58. The second-order valence-electron chi connectivity index (χ2n) is 0.376. The summed E-state index contributed by atoms with van der Waals surface area (Å²) in [5.74, 6) is 0. The van der Waals surface area contributed by atoms with E-state index in [1.165, 1.54) is 0 Å². The van der Waals surface area contributed by atoms with Crippen LogP contribution in [-0.4, -0.2) is 0 Å². The maximum Gasteiger partial charge on any atom is 0.0400 e.